The highest BCUT2D eigenvalue weighted by atomic mass is 15.1. The van der Waals surface area contributed by atoms with E-state index in [1.165, 1.54) is 0 Å². The second kappa shape index (κ2) is 1.87. The lowest BCUT2D eigenvalue weighted by molar-refractivity contribution is 0.555. The molecule has 0 aromatic carbocycles. The average molecular weight is 106 g/mol. The van der Waals surface area contributed by atoms with Gasteiger partial charge in [-0.15, -0.1) is 0 Å². The summed E-state index contributed by atoms with van der Waals surface area (Å²) in [7, 11) is 1.86. The van der Waals surface area contributed by atoms with Crippen molar-refractivity contribution in [1.82, 2.24) is 4.90 Å². The van der Waals surface area contributed by atoms with Crippen molar-refractivity contribution in [1.29, 1.82) is 5.26 Å². The monoisotopic (exact) mass is 106 g/mol. The molecule has 0 amide bonds. The summed E-state index contributed by atoms with van der Waals surface area (Å²) in [6.07, 6.45) is 3.63. The van der Waals surface area contributed by atoms with Crippen LogP contribution >= 0.6 is 0 Å². The van der Waals surface area contributed by atoms with Crippen LogP contribution in [0.3, 0.4) is 0 Å². The SMILES string of the molecule is CN1[C]C(C#N)C=C1. The van der Waals surface area contributed by atoms with Gasteiger partial charge in [0.25, 0.3) is 0 Å². The van der Waals surface area contributed by atoms with Gasteiger partial charge in [-0.25, -0.2) is 0 Å². The standard InChI is InChI=1S/C6H6N2/c1-8-3-2-6(4-7)5-8/h2-3,6H,1H3. The summed E-state index contributed by atoms with van der Waals surface area (Å²) in [4.78, 5) is 1.76. The minimum Gasteiger partial charge on any atom is -0.369 e. The van der Waals surface area contributed by atoms with E-state index in [1.807, 2.05) is 13.2 Å². The average Bonchev–Trinajstić information content (AvgIpc) is 2.14. The molecule has 0 saturated carbocycles. The van der Waals surface area contributed by atoms with E-state index in [0.717, 1.165) is 0 Å². The molecule has 2 nitrogen and oxygen atoms in total. The maximum Gasteiger partial charge on any atom is 0.113 e. The smallest absolute Gasteiger partial charge is 0.113 e. The zero-order valence-electron chi connectivity index (χ0n) is 4.63. The van der Waals surface area contributed by atoms with Crippen LogP contribution in [0, 0.1) is 23.8 Å². The maximum atomic E-state index is 8.29. The molecular weight excluding hydrogens is 100 g/mol. The van der Waals surface area contributed by atoms with Gasteiger partial charge in [-0.2, -0.15) is 5.26 Å². The van der Waals surface area contributed by atoms with Gasteiger partial charge in [-0.3, -0.25) is 0 Å². The summed E-state index contributed by atoms with van der Waals surface area (Å²) < 4.78 is 0. The van der Waals surface area contributed by atoms with Gasteiger partial charge in [0, 0.05) is 7.05 Å². The molecule has 0 bridgehead atoms. The van der Waals surface area contributed by atoms with Crippen LogP contribution in [0.2, 0.25) is 0 Å². The Morgan fingerprint density at radius 1 is 1.88 bits per heavy atom. The molecule has 0 aromatic rings. The van der Waals surface area contributed by atoms with Crippen LogP contribution < -0.4 is 0 Å². The predicted molar refractivity (Wildman–Crippen MR) is 29.2 cm³/mol. The Morgan fingerprint density at radius 2 is 2.62 bits per heavy atom. The van der Waals surface area contributed by atoms with Gasteiger partial charge in [-0.1, -0.05) is 0 Å². The Labute approximate surface area is 49.0 Å². The Bertz CT molecular complexity index is 143. The van der Waals surface area contributed by atoms with Crippen LogP contribution in [0.5, 0.6) is 0 Å². The molecule has 40 valence electrons. The molecule has 1 rings (SSSR count). The number of nitrogens with zero attached hydrogens (tertiary/aromatic N) is 2. The molecule has 1 atom stereocenters. The fourth-order valence-corrected chi connectivity index (χ4v) is 0.593. The molecule has 1 unspecified atom stereocenters. The van der Waals surface area contributed by atoms with Crippen molar-refractivity contribution in [2.45, 2.75) is 0 Å². The van der Waals surface area contributed by atoms with E-state index >= 15 is 0 Å². The molecule has 2 radical (unpaired) electrons. The Kier molecular flexibility index (Phi) is 1.21. The van der Waals surface area contributed by atoms with Crippen LogP contribution in [0.4, 0.5) is 0 Å². The molecule has 8 heavy (non-hydrogen) atoms. The Hall–Kier alpha value is -0.970. The molecule has 2 heteroatoms. The molecule has 1 aliphatic heterocycles. The van der Waals surface area contributed by atoms with Crippen LogP contribution in [-0.4, -0.2) is 11.9 Å². The number of nitriles is 1. The molecule has 0 aliphatic carbocycles. The Morgan fingerprint density at radius 3 is 2.88 bits per heavy atom. The molecule has 0 aromatic heterocycles. The lowest BCUT2D eigenvalue weighted by atomic mass is 10.2. The van der Waals surface area contributed by atoms with Crippen molar-refractivity contribution in [2.75, 3.05) is 7.05 Å². The first-order valence-corrected chi connectivity index (χ1v) is 2.40. The predicted octanol–water partition coefficient (Wildman–Crippen LogP) is 0.624. The second-order valence-corrected chi connectivity index (χ2v) is 1.69. The third-order valence-corrected chi connectivity index (χ3v) is 0.984. The molecule has 0 spiro atoms. The summed E-state index contributed by atoms with van der Waals surface area (Å²) in [6, 6.07) is 2.05. The van der Waals surface area contributed by atoms with Crippen LogP contribution in [-0.2, 0) is 0 Å². The third-order valence-electron chi connectivity index (χ3n) is 0.984. The highest BCUT2D eigenvalue weighted by molar-refractivity contribution is 5.12. The van der Waals surface area contributed by atoms with E-state index in [-0.39, 0.29) is 5.92 Å². The van der Waals surface area contributed by atoms with Crippen LogP contribution in [0.15, 0.2) is 12.3 Å². The van der Waals surface area contributed by atoms with Crippen molar-refractivity contribution in [3.05, 3.63) is 18.8 Å². The lowest BCUT2D eigenvalue weighted by Crippen LogP contribution is -2.03. The molecule has 0 fully saturated rings. The zero-order chi connectivity index (χ0) is 5.98. The molecule has 1 aliphatic rings. The first kappa shape index (κ1) is 5.17. The van der Waals surface area contributed by atoms with E-state index in [9.17, 15) is 0 Å². The summed E-state index contributed by atoms with van der Waals surface area (Å²) in [6.45, 7) is 2.86. The van der Waals surface area contributed by atoms with Crippen molar-refractivity contribution in [2.24, 2.45) is 5.92 Å². The fourth-order valence-electron chi connectivity index (χ4n) is 0.593. The molecule has 0 saturated heterocycles. The topological polar surface area (TPSA) is 27.0 Å². The summed E-state index contributed by atoms with van der Waals surface area (Å²) >= 11 is 0. The fraction of sp³-hybridized carbons (Fsp3) is 0.333. The van der Waals surface area contributed by atoms with E-state index in [0.29, 0.717) is 0 Å². The second-order valence-electron chi connectivity index (χ2n) is 1.69. The van der Waals surface area contributed by atoms with Crippen molar-refractivity contribution < 1.29 is 0 Å². The zero-order valence-corrected chi connectivity index (χ0v) is 4.63. The highest BCUT2D eigenvalue weighted by Crippen LogP contribution is 2.12. The van der Waals surface area contributed by atoms with Gasteiger partial charge in [0.05, 0.1) is 12.0 Å². The lowest BCUT2D eigenvalue weighted by Gasteiger charge is -2.02. The van der Waals surface area contributed by atoms with Gasteiger partial charge in [0.1, 0.15) is 6.54 Å². The minimum atomic E-state index is -0.125. The Balaban J connectivity index is 2.49. The number of hydrogen-bond donors (Lipinski definition) is 0. The largest absolute Gasteiger partial charge is 0.369 e. The summed E-state index contributed by atoms with van der Waals surface area (Å²) in [5.74, 6) is -0.125. The van der Waals surface area contributed by atoms with Gasteiger partial charge in [-0.05, 0) is 12.3 Å². The first-order chi connectivity index (χ1) is 3.83. The molecule has 1 heterocycles. The number of hydrogen-bond acceptors (Lipinski definition) is 2. The van der Waals surface area contributed by atoms with Crippen molar-refractivity contribution in [3.63, 3.8) is 0 Å². The van der Waals surface area contributed by atoms with Gasteiger partial charge < -0.3 is 4.90 Å². The van der Waals surface area contributed by atoms with Crippen molar-refractivity contribution in [3.8, 4) is 6.07 Å². The van der Waals surface area contributed by atoms with Crippen molar-refractivity contribution >= 4 is 0 Å². The first-order valence-electron chi connectivity index (χ1n) is 2.40. The van der Waals surface area contributed by atoms with Gasteiger partial charge in [0.15, 0.2) is 0 Å². The third kappa shape index (κ3) is 0.812. The molecule has 0 N–H and O–H groups in total. The van der Waals surface area contributed by atoms with Gasteiger partial charge >= 0.3 is 0 Å². The van der Waals surface area contributed by atoms with Gasteiger partial charge in [0.2, 0.25) is 0 Å². The van der Waals surface area contributed by atoms with E-state index < -0.39 is 0 Å². The summed E-state index contributed by atoms with van der Waals surface area (Å²) in [5.41, 5.74) is 0. The minimum absolute atomic E-state index is 0.125. The highest BCUT2D eigenvalue weighted by Gasteiger charge is 2.11. The van der Waals surface area contributed by atoms with E-state index in [4.69, 9.17) is 5.26 Å². The number of rotatable bonds is 0. The summed E-state index contributed by atoms with van der Waals surface area (Å²) in [5, 5.41) is 8.29. The quantitative estimate of drug-likeness (QED) is 0.452. The normalized spacial score (nSPS) is 26.0. The van der Waals surface area contributed by atoms with E-state index in [2.05, 4.69) is 12.6 Å². The molecular formula is C6H6N2. The van der Waals surface area contributed by atoms with E-state index in [1.54, 1.807) is 11.0 Å². The van der Waals surface area contributed by atoms with Crippen LogP contribution in [0.1, 0.15) is 0 Å². The maximum absolute atomic E-state index is 8.29. The van der Waals surface area contributed by atoms with Crippen LogP contribution in [0.25, 0.3) is 0 Å².